The van der Waals surface area contributed by atoms with Gasteiger partial charge in [-0.15, -0.1) is 0 Å². The first-order valence-corrected chi connectivity index (χ1v) is 11.2. The van der Waals surface area contributed by atoms with Crippen LogP contribution in [0.2, 0.25) is 0 Å². The number of hydrogen-bond acceptors (Lipinski definition) is 7. The second-order valence-corrected chi connectivity index (χ2v) is 9.72. The number of rotatable bonds is 6. The van der Waals surface area contributed by atoms with E-state index in [1.54, 1.807) is 0 Å². The minimum atomic E-state index is -3.99. The number of anilines is 1. The number of nitrogens with one attached hydrogen (secondary N) is 1. The Morgan fingerprint density at radius 1 is 1.38 bits per heavy atom. The monoisotopic (exact) mass is 404 g/mol. The first-order valence-electron chi connectivity index (χ1n) is 8.10. The van der Waals surface area contributed by atoms with Gasteiger partial charge in [-0.25, -0.2) is 25.9 Å². The van der Waals surface area contributed by atoms with E-state index in [9.17, 15) is 21.6 Å². The summed E-state index contributed by atoms with van der Waals surface area (Å²) in [6.07, 6.45) is 1.31. The zero-order chi connectivity index (χ0) is 18.9. The molecule has 9 nitrogen and oxygen atoms in total. The third-order valence-electron chi connectivity index (χ3n) is 4.27. The standard InChI is InChI=1S/C15H20N2O7S2/c1-23-13-5-4-11(17-15(18)6-8-25(17,19)20)9-14(13)26(21,22)16-10-12-3-2-7-24-12/h4-5,9,12,16H,2-3,6-8,10H2,1H3. The number of benzene rings is 1. The van der Waals surface area contributed by atoms with Gasteiger partial charge in [0.25, 0.3) is 0 Å². The van der Waals surface area contributed by atoms with E-state index in [0.717, 1.165) is 18.9 Å². The van der Waals surface area contributed by atoms with Crippen LogP contribution < -0.4 is 13.8 Å². The van der Waals surface area contributed by atoms with Crippen molar-refractivity contribution in [3.63, 3.8) is 0 Å². The average molecular weight is 404 g/mol. The lowest BCUT2D eigenvalue weighted by atomic mass is 10.2. The first-order chi connectivity index (χ1) is 12.2. The molecule has 1 N–H and O–H groups in total. The zero-order valence-corrected chi connectivity index (χ0v) is 15.8. The molecule has 11 heteroatoms. The van der Waals surface area contributed by atoms with E-state index in [4.69, 9.17) is 9.47 Å². The number of amides is 1. The molecule has 1 aromatic carbocycles. The molecule has 0 bridgehead atoms. The van der Waals surface area contributed by atoms with Gasteiger partial charge in [0, 0.05) is 19.6 Å². The van der Waals surface area contributed by atoms with Crippen LogP contribution in [0.25, 0.3) is 0 Å². The van der Waals surface area contributed by atoms with E-state index in [0.29, 0.717) is 10.9 Å². The van der Waals surface area contributed by atoms with Crippen LogP contribution in [0.5, 0.6) is 5.75 Å². The predicted molar refractivity (Wildman–Crippen MR) is 93.0 cm³/mol. The maximum Gasteiger partial charge on any atom is 0.244 e. The lowest BCUT2D eigenvalue weighted by Crippen LogP contribution is -2.33. The maximum atomic E-state index is 12.7. The van der Waals surface area contributed by atoms with Crippen molar-refractivity contribution in [3.05, 3.63) is 18.2 Å². The fourth-order valence-corrected chi connectivity index (χ4v) is 5.66. The number of methoxy groups -OCH3 is 1. The summed E-state index contributed by atoms with van der Waals surface area (Å²) in [5, 5.41) is 0. The number of nitrogens with zero attached hydrogens (tertiary/aromatic N) is 1. The third-order valence-corrected chi connectivity index (χ3v) is 7.41. The van der Waals surface area contributed by atoms with Crippen molar-refractivity contribution in [2.45, 2.75) is 30.3 Å². The Morgan fingerprint density at radius 3 is 2.73 bits per heavy atom. The van der Waals surface area contributed by atoms with Crippen LogP contribution in [0.1, 0.15) is 19.3 Å². The maximum absolute atomic E-state index is 12.7. The largest absolute Gasteiger partial charge is 0.495 e. The van der Waals surface area contributed by atoms with Crippen LogP contribution >= 0.6 is 0 Å². The Labute approximate surface area is 152 Å². The number of sulfonamides is 2. The lowest BCUT2D eigenvalue weighted by molar-refractivity contribution is -0.116. The van der Waals surface area contributed by atoms with Crippen molar-refractivity contribution in [2.75, 3.05) is 30.3 Å². The number of carbonyl (C=O) groups is 1. The van der Waals surface area contributed by atoms with Crippen molar-refractivity contribution >= 4 is 31.6 Å². The summed E-state index contributed by atoms with van der Waals surface area (Å²) in [6.45, 7) is 0.705. The van der Waals surface area contributed by atoms with Crippen LogP contribution in [-0.2, 0) is 29.6 Å². The van der Waals surface area contributed by atoms with Crippen molar-refractivity contribution in [1.82, 2.24) is 4.72 Å². The molecule has 2 fully saturated rings. The molecule has 2 aliphatic rings. The van der Waals surface area contributed by atoms with Gasteiger partial charge in [-0.3, -0.25) is 4.79 Å². The molecule has 0 aliphatic carbocycles. The van der Waals surface area contributed by atoms with Crippen LogP contribution in [0.4, 0.5) is 5.69 Å². The minimum absolute atomic E-state index is 0.0224. The fourth-order valence-electron chi connectivity index (χ4n) is 2.96. The summed E-state index contributed by atoms with van der Waals surface area (Å²) in [5.41, 5.74) is -0.0224. The van der Waals surface area contributed by atoms with Crippen LogP contribution in [0, 0.1) is 0 Å². The van der Waals surface area contributed by atoms with E-state index in [1.807, 2.05) is 0 Å². The quantitative estimate of drug-likeness (QED) is 0.720. The third kappa shape index (κ3) is 3.70. The molecular formula is C15H20N2O7S2. The average Bonchev–Trinajstić information content (AvgIpc) is 3.20. The molecule has 0 saturated carbocycles. The van der Waals surface area contributed by atoms with Gasteiger partial charge in [0.05, 0.1) is 24.7 Å². The lowest BCUT2D eigenvalue weighted by Gasteiger charge is -2.18. The second-order valence-electron chi connectivity index (χ2n) is 6.05. The Kier molecular flexibility index (Phi) is 5.24. The van der Waals surface area contributed by atoms with E-state index in [-0.39, 0.29) is 41.2 Å². The molecule has 2 aliphatic heterocycles. The minimum Gasteiger partial charge on any atom is -0.495 e. The van der Waals surface area contributed by atoms with E-state index in [1.165, 1.54) is 19.2 Å². The highest BCUT2D eigenvalue weighted by Crippen LogP contribution is 2.32. The molecule has 0 radical (unpaired) electrons. The van der Waals surface area contributed by atoms with E-state index >= 15 is 0 Å². The van der Waals surface area contributed by atoms with Gasteiger partial charge in [0.2, 0.25) is 26.0 Å². The molecule has 1 aromatic rings. The van der Waals surface area contributed by atoms with Crippen LogP contribution in [-0.4, -0.2) is 54.9 Å². The normalized spacial score (nSPS) is 22.7. The Hall–Kier alpha value is -1.69. The molecule has 1 unspecified atom stereocenters. The number of ether oxygens (including phenoxy) is 2. The summed E-state index contributed by atoms with van der Waals surface area (Å²) >= 11 is 0. The molecule has 1 amide bonds. The predicted octanol–water partition coefficient (Wildman–Crippen LogP) is 0.219. The second kappa shape index (κ2) is 7.14. The van der Waals surface area contributed by atoms with Crippen molar-refractivity contribution in [2.24, 2.45) is 0 Å². The summed E-state index contributed by atoms with van der Waals surface area (Å²) in [7, 11) is -6.46. The smallest absolute Gasteiger partial charge is 0.244 e. The van der Waals surface area contributed by atoms with E-state index < -0.39 is 26.0 Å². The van der Waals surface area contributed by atoms with E-state index in [2.05, 4.69) is 4.72 Å². The first kappa shape index (κ1) is 19.1. The molecule has 0 spiro atoms. The fraction of sp³-hybridized carbons (Fsp3) is 0.533. The molecule has 0 aromatic heterocycles. The van der Waals surface area contributed by atoms with Crippen LogP contribution in [0.15, 0.2) is 23.1 Å². The van der Waals surface area contributed by atoms with Gasteiger partial charge in [-0.2, -0.15) is 0 Å². The molecule has 2 heterocycles. The molecular weight excluding hydrogens is 384 g/mol. The molecule has 26 heavy (non-hydrogen) atoms. The van der Waals surface area contributed by atoms with Crippen molar-refractivity contribution < 1.29 is 31.1 Å². The van der Waals surface area contributed by atoms with Crippen molar-refractivity contribution in [1.29, 1.82) is 0 Å². The highest BCUT2D eigenvalue weighted by molar-refractivity contribution is 7.94. The number of carbonyl (C=O) groups excluding carboxylic acids is 1. The van der Waals surface area contributed by atoms with Gasteiger partial charge in [0.15, 0.2) is 0 Å². The molecule has 1 atom stereocenters. The number of hydrogen-bond donors (Lipinski definition) is 1. The summed E-state index contributed by atoms with van der Waals surface area (Å²) in [4.78, 5) is 11.7. The highest BCUT2D eigenvalue weighted by Gasteiger charge is 2.37. The van der Waals surface area contributed by atoms with Gasteiger partial charge < -0.3 is 9.47 Å². The van der Waals surface area contributed by atoms with Gasteiger partial charge in [-0.1, -0.05) is 0 Å². The summed E-state index contributed by atoms with van der Waals surface area (Å²) in [6, 6.07) is 3.81. The molecule has 144 valence electrons. The molecule has 3 rings (SSSR count). The topological polar surface area (TPSA) is 119 Å². The van der Waals surface area contributed by atoms with Crippen LogP contribution in [0.3, 0.4) is 0 Å². The Balaban J connectivity index is 1.93. The van der Waals surface area contributed by atoms with Crippen molar-refractivity contribution in [3.8, 4) is 5.75 Å². The summed E-state index contributed by atoms with van der Waals surface area (Å²) in [5.74, 6) is -0.833. The SMILES string of the molecule is COc1ccc(N2C(=O)CCS2(=O)=O)cc1S(=O)(=O)NCC1CCCO1. The highest BCUT2D eigenvalue weighted by atomic mass is 32.2. The molecule has 2 saturated heterocycles. The van der Waals surface area contributed by atoms with Gasteiger partial charge in [-0.05, 0) is 31.0 Å². The Bertz CT molecular complexity index is 906. The zero-order valence-electron chi connectivity index (χ0n) is 14.2. The van der Waals surface area contributed by atoms with Gasteiger partial charge in [0.1, 0.15) is 10.6 Å². The Morgan fingerprint density at radius 2 is 2.15 bits per heavy atom. The summed E-state index contributed by atoms with van der Waals surface area (Å²) < 4.78 is 63.1. The van der Waals surface area contributed by atoms with Gasteiger partial charge >= 0.3 is 0 Å².